The second-order valence-corrected chi connectivity index (χ2v) is 4.90. The van der Waals surface area contributed by atoms with Crippen LogP contribution >= 0.6 is 11.3 Å². The van der Waals surface area contributed by atoms with Crippen LogP contribution in [-0.4, -0.2) is 36.3 Å². The number of aromatic nitrogens is 5. The normalized spacial score (nSPS) is 10.8. The molecule has 1 N–H and O–H groups in total. The van der Waals surface area contributed by atoms with E-state index in [0.29, 0.717) is 17.5 Å². The number of carboxylic acid groups (broad SMARTS) is 1. The van der Waals surface area contributed by atoms with Gasteiger partial charge in [-0.05, 0) is 11.4 Å². The molecular weight excluding hydrogens is 282 g/mol. The first-order valence-corrected chi connectivity index (χ1v) is 6.56. The first kappa shape index (κ1) is 12.5. The Hall–Kier alpha value is -2.55. The summed E-state index contributed by atoms with van der Waals surface area (Å²) in [6.07, 6.45) is 1.38. The summed E-state index contributed by atoms with van der Waals surface area (Å²) < 4.78 is 6.97. The van der Waals surface area contributed by atoms with Gasteiger partial charge in [0.2, 0.25) is 5.89 Å². The van der Waals surface area contributed by atoms with Crippen LogP contribution in [0.5, 0.6) is 0 Å². The molecule has 3 rings (SSSR count). The molecule has 0 aliphatic rings. The highest BCUT2D eigenvalue weighted by atomic mass is 32.1. The Kier molecular flexibility index (Phi) is 3.25. The second kappa shape index (κ2) is 5.21. The van der Waals surface area contributed by atoms with Crippen LogP contribution in [0.15, 0.2) is 28.1 Å². The Morgan fingerprint density at radius 3 is 3.05 bits per heavy atom. The maximum Gasteiger partial charge on any atom is 0.309 e. The molecule has 3 heterocycles. The van der Waals surface area contributed by atoms with Gasteiger partial charge in [0.25, 0.3) is 5.89 Å². The van der Waals surface area contributed by atoms with Gasteiger partial charge in [0, 0.05) is 6.20 Å². The summed E-state index contributed by atoms with van der Waals surface area (Å²) >= 11 is 1.51. The van der Waals surface area contributed by atoms with Crippen LogP contribution in [0.2, 0.25) is 0 Å². The van der Waals surface area contributed by atoms with E-state index in [-0.39, 0.29) is 13.0 Å². The first-order valence-electron chi connectivity index (χ1n) is 5.68. The molecule has 0 radical (unpaired) electrons. The molecular formula is C11H9N5O3S. The van der Waals surface area contributed by atoms with E-state index >= 15 is 0 Å². The molecule has 3 aromatic rings. The predicted octanol–water partition coefficient (Wildman–Crippen LogP) is 1.06. The molecule has 0 aliphatic heterocycles. The minimum atomic E-state index is -0.949. The van der Waals surface area contributed by atoms with Gasteiger partial charge >= 0.3 is 5.97 Å². The molecule has 0 bridgehead atoms. The number of rotatable bonds is 5. The third kappa shape index (κ3) is 2.72. The lowest BCUT2D eigenvalue weighted by molar-refractivity contribution is -0.136. The van der Waals surface area contributed by atoms with E-state index in [1.54, 1.807) is 6.20 Å². The van der Waals surface area contributed by atoms with Gasteiger partial charge < -0.3 is 9.52 Å². The van der Waals surface area contributed by atoms with E-state index < -0.39 is 5.97 Å². The Labute approximate surface area is 116 Å². The second-order valence-electron chi connectivity index (χ2n) is 3.96. The van der Waals surface area contributed by atoms with Crippen LogP contribution in [0.3, 0.4) is 0 Å². The van der Waals surface area contributed by atoms with Crippen molar-refractivity contribution in [3.63, 3.8) is 0 Å². The van der Waals surface area contributed by atoms with Crippen molar-refractivity contribution in [3.8, 4) is 10.8 Å². The summed E-state index contributed by atoms with van der Waals surface area (Å²) in [5, 5.41) is 26.0. The van der Waals surface area contributed by atoms with E-state index in [9.17, 15) is 4.79 Å². The van der Waals surface area contributed by atoms with Crippen LogP contribution in [0.4, 0.5) is 0 Å². The van der Waals surface area contributed by atoms with Crippen LogP contribution in [0, 0.1) is 0 Å². The largest absolute Gasteiger partial charge is 0.481 e. The van der Waals surface area contributed by atoms with Crippen LogP contribution < -0.4 is 0 Å². The highest BCUT2D eigenvalue weighted by Gasteiger charge is 2.11. The molecule has 0 spiro atoms. The van der Waals surface area contributed by atoms with Crippen molar-refractivity contribution in [2.45, 2.75) is 13.0 Å². The summed E-state index contributed by atoms with van der Waals surface area (Å²) in [5.41, 5.74) is 0.385. The van der Waals surface area contributed by atoms with Gasteiger partial charge in [0.1, 0.15) is 6.54 Å². The minimum Gasteiger partial charge on any atom is -0.481 e. The average molecular weight is 291 g/mol. The topological polar surface area (TPSA) is 107 Å². The van der Waals surface area contributed by atoms with E-state index in [1.807, 2.05) is 17.5 Å². The van der Waals surface area contributed by atoms with E-state index in [0.717, 1.165) is 4.88 Å². The Bertz CT molecular complexity index is 718. The molecule has 102 valence electrons. The number of carboxylic acids is 1. The third-order valence-corrected chi connectivity index (χ3v) is 3.27. The molecule has 0 saturated heterocycles. The maximum atomic E-state index is 10.6. The van der Waals surface area contributed by atoms with Gasteiger partial charge in [0.15, 0.2) is 0 Å². The molecule has 0 fully saturated rings. The number of thiophene rings is 1. The quantitative estimate of drug-likeness (QED) is 0.749. The standard InChI is InChI=1S/C11H9N5O3S/c17-10(18)4-7-5-16(15-12-7)6-9-13-14-11(19-9)8-2-1-3-20-8/h1-3,5H,4,6H2,(H,17,18). The number of aliphatic carboxylic acids is 1. The van der Waals surface area contributed by atoms with Gasteiger partial charge in [0.05, 0.1) is 17.0 Å². The molecule has 8 nitrogen and oxygen atoms in total. The molecule has 0 aromatic carbocycles. The fourth-order valence-corrected chi connectivity index (χ4v) is 2.25. The van der Waals surface area contributed by atoms with Crippen molar-refractivity contribution in [1.29, 1.82) is 0 Å². The summed E-state index contributed by atoms with van der Waals surface area (Å²) in [4.78, 5) is 11.5. The molecule has 3 aromatic heterocycles. The molecule has 0 atom stereocenters. The van der Waals surface area contributed by atoms with Crippen LogP contribution in [0.25, 0.3) is 10.8 Å². The third-order valence-electron chi connectivity index (χ3n) is 2.41. The predicted molar refractivity (Wildman–Crippen MR) is 68.1 cm³/mol. The molecule has 0 amide bonds. The molecule has 0 aliphatic carbocycles. The first-order chi connectivity index (χ1) is 9.70. The maximum absolute atomic E-state index is 10.6. The number of hydrogen-bond acceptors (Lipinski definition) is 7. The minimum absolute atomic E-state index is 0.162. The zero-order chi connectivity index (χ0) is 13.9. The number of carbonyl (C=O) groups is 1. The Morgan fingerprint density at radius 2 is 2.30 bits per heavy atom. The lowest BCUT2D eigenvalue weighted by atomic mass is 10.3. The van der Waals surface area contributed by atoms with Crippen LogP contribution in [0.1, 0.15) is 11.6 Å². The fourth-order valence-electron chi connectivity index (χ4n) is 1.61. The molecule has 20 heavy (non-hydrogen) atoms. The van der Waals surface area contributed by atoms with Crippen molar-refractivity contribution in [3.05, 3.63) is 35.3 Å². The van der Waals surface area contributed by atoms with E-state index in [1.165, 1.54) is 16.0 Å². The fraction of sp³-hybridized carbons (Fsp3) is 0.182. The molecule has 9 heteroatoms. The SMILES string of the molecule is O=C(O)Cc1cn(Cc2nnc(-c3cccs3)o2)nn1. The lowest BCUT2D eigenvalue weighted by Gasteiger charge is -1.93. The van der Waals surface area contributed by atoms with Crippen molar-refractivity contribution >= 4 is 17.3 Å². The highest BCUT2D eigenvalue weighted by Crippen LogP contribution is 2.22. The summed E-state index contributed by atoms with van der Waals surface area (Å²) in [7, 11) is 0. The van der Waals surface area contributed by atoms with Crippen molar-refractivity contribution < 1.29 is 14.3 Å². The Balaban J connectivity index is 1.72. The van der Waals surface area contributed by atoms with Crippen LogP contribution in [-0.2, 0) is 17.8 Å². The smallest absolute Gasteiger partial charge is 0.309 e. The highest BCUT2D eigenvalue weighted by molar-refractivity contribution is 7.13. The van der Waals surface area contributed by atoms with Crippen molar-refractivity contribution in [2.75, 3.05) is 0 Å². The molecule has 0 unspecified atom stereocenters. The monoisotopic (exact) mass is 291 g/mol. The van der Waals surface area contributed by atoms with Crippen molar-refractivity contribution in [1.82, 2.24) is 25.2 Å². The number of hydrogen-bond donors (Lipinski definition) is 1. The van der Waals surface area contributed by atoms with Gasteiger partial charge in [-0.25, -0.2) is 4.68 Å². The average Bonchev–Trinajstić information content (AvgIpc) is 3.09. The molecule has 0 saturated carbocycles. The zero-order valence-electron chi connectivity index (χ0n) is 10.1. The van der Waals surface area contributed by atoms with Crippen molar-refractivity contribution in [2.24, 2.45) is 0 Å². The summed E-state index contributed by atoms with van der Waals surface area (Å²) in [5.74, 6) is -0.101. The van der Waals surface area contributed by atoms with E-state index in [2.05, 4.69) is 20.5 Å². The Morgan fingerprint density at radius 1 is 1.40 bits per heavy atom. The van der Waals surface area contributed by atoms with Gasteiger partial charge in [-0.1, -0.05) is 11.3 Å². The van der Waals surface area contributed by atoms with Gasteiger partial charge in [-0.2, -0.15) is 0 Å². The number of nitrogens with zero attached hydrogens (tertiary/aromatic N) is 5. The van der Waals surface area contributed by atoms with Gasteiger partial charge in [-0.3, -0.25) is 4.79 Å². The zero-order valence-corrected chi connectivity index (χ0v) is 10.9. The summed E-state index contributed by atoms with van der Waals surface area (Å²) in [6, 6.07) is 3.79. The lowest BCUT2D eigenvalue weighted by Crippen LogP contribution is -2.01. The van der Waals surface area contributed by atoms with Gasteiger partial charge in [-0.15, -0.1) is 26.6 Å². The van der Waals surface area contributed by atoms with E-state index in [4.69, 9.17) is 9.52 Å². The summed E-state index contributed by atoms with van der Waals surface area (Å²) in [6.45, 7) is 0.255.